The number of fused-ring (bicyclic) bond motifs is 2. The highest BCUT2D eigenvalue weighted by Gasteiger charge is 2.23. The highest BCUT2D eigenvalue weighted by atomic mass is 32.2. The number of Topliss-reactive ketones (excluding diaryl/α,β-unsaturated/α-hetero) is 1. The zero-order chi connectivity index (χ0) is 28.8. The average molecular weight is 578 g/mol. The zero-order valence-corrected chi connectivity index (χ0v) is 22.6. The van der Waals surface area contributed by atoms with Gasteiger partial charge in [0, 0.05) is 45.5 Å². The number of nitrogens with one attached hydrogen (secondary N) is 1. The lowest BCUT2D eigenvalue weighted by atomic mass is 10.0. The number of hydrogen-bond acceptors (Lipinski definition) is 8. The molecule has 5 aromatic rings. The first-order valence-corrected chi connectivity index (χ1v) is 14.8. The van der Waals surface area contributed by atoms with E-state index in [2.05, 4.69) is 10.3 Å². The van der Waals surface area contributed by atoms with Crippen LogP contribution in [0.25, 0.3) is 21.7 Å². The molecule has 0 radical (unpaired) electrons. The molecule has 0 saturated heterocycles. The van der Waals surface area contributed by atoms with Gasteiger partial charge >= 0.3 is 0 Å². The molecular formula is C28H23N3O7S2. The average Bonchev–Trinajstić information content (AvgIpc) is 2.87. The van der Waals surface area contributed by atoms with E-state index in [1.54, 1.807) is 61.5 Å². The van der Waals surface area contributed by atoms with Gasteiger partial charge in [0.15, 0.2) is 5.78 Å². The van der Waals surface area contributed by atoms with Crippen molar-refractivity contribution in [2.45, 2.75) is 23.1 Å². The van der Waals surface area contributed by atoms with Gasteiger partial charge in [-0.1, -0.05) is 18.2 Å². The maximum absolute atomic E-state index is 12.9. The minimum Gasteiger partial charge on any atom is -0.399 e. The fourth-order valence-corrected chi connectivity index (χ4v) is 5.92. The Morgan fingerprint density at radius 3 is 2.27 bits per heavy atom. The first-order chi connectivity index (χ1) is 18.8. The molecule has 5 N–H and O–H groups in total. The van der Waals surface area contributed by atoms with Gasteiger partial charge in [0.05, 0.1) is 10.4 Å². The Morgan fingerprint density at radius 1 is 0.875 bits per heavy atom. The molecule has 204 valence electrons. The van der Waals surface area contributed by atoms with Crippen molar-refractivity contribution >= 4 is 64.8 Å². The molecule has 0 spiro atoms. The molecule has 0 aliphatic rings. The van der Waals surface area contributed by atoms with E-state index in [0.717, 1.165) is 11.6 Å². The molecule has 0 aliphatic heterocycles. The predicted molar refractivity (Wildman–Crippen MR) is 152 cm³/mol. The molecule has 40 heavy (non-hydrogen) atoms. The van der Waals surface area contributed by atoms with E-state index in [1.165, 1.54) is 6.07 Å². The predicted octanol–water partition coefficient (Wildman–Crippen LogP) is 4.94. The zero-order valence-electron chi connectivity index (χ0n) is 21.0. The summed E-state index contributed by atoms with van der Waals surface area (Å²) in [6, 6.07) is 20.2. The van der Waals surface area contributed by atoms with Gasteiger partial charge in [-0.05, 0) is 78.5 Å². The van der Waals surface area contributed by atoms with Gasteiger partial charge in [0.25, 0.3) is 20.2 Å². The van der Waals surface area contributed by atoms with E-state index in [1.807, 2.05) is 6.07 Å². The van der Waals surface area contributed by atoms with Crippen LogP contribution in [-0.4, -0.2) is 36.7 Å². The summed E-state index contributed by atoms with van der Waals surface area (Å²) in [5, 5.41) is 4.01. The van der Waals surface area contributed by atoms with Gasteiger partial charge in [-0.15, -0.1) is 0 Å². The SMILES string of the molecule is Cc1cc(Nc2cccc3cc(S(=O)(=O)O)cc(S(=O)(=O)O)c23)c2cc(CC(=O)c3ccc(N)cc3)ccc2n1. The fraction of sp³-hybridized carbons (Fsp3) is 0.0714. The summed E-state index contributed by atoms with van der Waals surface area (Å²) in [5.74, 6) is -0.101. The van der Waals surface area contributed by atoms with Gasteiger partial charge in [0.2, 0.25) is 0 Å². The summed E-state index contributed by atoms with van der Waals surface area (Å²) < 4.78 is 67.5. The minimum atomic E-state index is -4.90. The summed E-state index contributed by atoms with van der Waals surface area (Å²) in [7, 11) is -9.66. The van der Waals surface area contributed by atoms with Crippen LogP contribution in [0.5, 0.6) is 0 Å². The molecule has 10 nitrogen and oxygen atoms in total. The standard InChI is InChI=1S/C28H23N3O7S2/c1-16-11-25(22-12-17(5-10-23(22)30-16)13-26(32)18-6-8-20(29)9-7-18)31-24-4-2-3-19-14-21(39(33,34)35)15-27(28(19)24)40(36,37)38/h2-12,14-15H,13,29H2,1H3,(H,30,31)(H,33,34,35)(H,36,37,38). The molecule has 0 atom stereocenters. The highest BCUT2D eigenvalue weighted by Crippen LogP contribution is 2.36. The van der Waals surface area contributed by atoms with Crippen molar-refractivity contribution in [2.24, 2.45) is 0 Å². The van der Waals surface area contributed by atoms with Crippen LogP contribution in [0, 0.1) is 6.92 Å². The fourth-order valence-electron chi connectivity index (χ4n) is 4.54. The number of aryl methyl sites for hydroxylation is 1. The van der Waals surface area contributed by atoms with Crippen molar-refractivity contribution in [3.05, 3.63) is 95.7 Å². The number of nitrogen functional groups attached to an aromatic ring is 1. The van der Waals surface area contributed by atoms with Crippen molar-refractivity contribution in [2.75, 3.05) is 11.1 Å². The molecule has 1 aromatic heterocycles. The third kappa shape index (κ3) is 5.51. The van der Waals surface area contributed by atoms with E-state index >= 15 is 0 Å². The van der Waals surface area contributed by atoms with Gasteiger partial charge < -0.3 is 11.1 Å². The molecule has 1 heterocycles. The van der Waals surface area contributed by atoms with Crippen molar-refractivity contribution in [1.29, 1.82) is 0 Å². The Labute approximate surface area is 230 Å². The van der Waals surface area contributed by atoms with Crippen LogP contribution >= 0.6 is 0 Å². The molecule has 12 heteroatoms. The normalized spacial score (nSPS) is 12.1. The van der Waals surface area contributed by atoms with Crippen molar-refractivity contribution in [3.63, 3.8) is 0 Å². The van der Waals surface area contributed by atoms with Crippen LogP contribution in [0.1, 0.15) is 21.6 Å². The lowest BCUT2D eigenvalue weighted by Gasteiger charge is -2.16. The summed E-state index contributed by atoms with van der Waals surface area (Å²) in [4.78, 5) is 16.0. The van der Waals surface area contributed by atoms with Crippen molar-refractivity contribution in [3.8, 4) is 0 Å². The lowest BCUT2D eigenvalue weighted by molar-refractivity contribution is 0.0993. The molecule has 0 saturated carbocycles. The lowest BCUT2D eigenvalue weighted by Crippen LogP contribution is -2.06. The van der Waals surface area contributed by atoms with Gasteiger partial charge in [-0.25, -0.2) is 0 Å². The number of nitrogens with zero attached hydrogens (tertiary/aromatic N) is 1. The van der Waals surface area contributed by atoms with Gasteiger partial charge in [-0.3, -0.25) is 18.9 Å². The highest BCUT2D eigenvalue weighted by molar-refractivity contribution is 7.86. The van der Waals surface area contributed by atoms with E-state index in [9.17, 15) is 30.7 Å². The largest absolute Gasteiger partial charge is 0.399 e. The third-order valence-electron chi connectivity index (χ3n) is 6.36. The number of pyridine rings is 1. The van der Waals surface area contributed by atoms with Crippen LogP contribution < -0.4 is 11.1 Å². The molecule has 4 aromatic carbocycles. The number of ketones is 1. The summed E-state index contributed by atoms with van der Waals surface area (Å²) in [6.07, 6.45) is 0.118. The number of carbonyl (C=O) groups excluding carboxylic acids is 1. The molecule has 0 unspecified atom stereocenters. The Kier molecular flexibility index (Phi) is 6.80. The first kappa shape index (κ1) is 27.2. The molecule has 5 rings (SSSR count). The van der Waals surface area contributed by atoms with Crippen LogP contribution in [0.3, 0.4) is 0 Å². The Balaban J connectivity index is 1.62. The van der Waals surface area contributed by atoms with E-state index in [-0.39, 0.29) is 28.7 Å². The Bertz CT molecular complexity index is 2040. The quantitative estimate of drug-likeness (QED) is 0.118. The molecular weight excluding hydrogens is 554 g/mol. The van der Waals surface area contributed by atoms with E-state index < -0.39 is 30.0 Å². The number of carbonyl (C=O) groups is 1. The van der Waals surface area contributed by atoms with Gasteiger partial charge in [0.1, 0.15) is 4.90 Å². The monoisotopic (exact) mass is 577 g/mol. The van der Waals surface area contributed by atoms with Crippen LogP contribution in [0.2, 0.25) is 0 Å². The molecule has 0 amide bonds. The van der Waals surface area contributed by atoms with Gasteiger partial charge in [-0.2, -0.15) is 16.8 Å². The van der Waals surface area contributed by atoms with Crippen LogP contribution in [0.15, 0.2) is 88.7 Å². The molecule has 0 fully saturated rings. The number of nitrogens with two attached hydrogens (primary N) is 1. The minimum absolute atomic E-state index is 0.0229. The number of aromatic nitrogens is 1. The maximum atomic E-state index is 12.9. The number of rotatable bonds is 7. The third-order valence-corrected chi connectivity index (χ3v) is 8.07. The van der Waals surface area contributed by atoms with Crippen LogP contribution in [-0.2, 0) is 26.7 Å². The van der Waals surface area contributed by atoms with Crippen LogP contribution in [0.4, 0.5) is 17.1 Å². The number of anilines is 3. The molecule has 0 bridgehead atoms. The Morgan fingerprint density at radius 2 is 1.60 bits per heavy atom. The summed E-state index contributed by atoms with van der Waals surface area (Å²) in [6.45, 7) is 1.79. The number of hydrogen-bond donors (Lipinski definition) is 4. The molecule has 0 aliphatic carbocycles. The summed E-state index contributed by atoms with van der Waals surface area (Å²) in [5.41, 5.74) is 9.58. The van der Waals surface area contributed by atoms with Crippen molar-refractivity contribution < 1.29 is 30.7 Å². The topological polar surface area (TPSA) is 177 Å². The van der Waals surface area contributed by atoms with E-state index in [4.69, 9.17) is 5.73 Å². The first-order valence-electron chi connectivity index (χ1n) is 11.9. The second-order valence-corrected chi connectivity index (χ2v) is 12.1. The maximum Gasteiger partial charge on any atom is 0.295 e. The van der Waals surface area contributed by atoms with Crippen molar-refractivity contribution in [1.82, 2.24) is 4.98 Å². The Hall–Kier alpha value is -4.36. The smallest absolute Gasteiger partial charge is 0.295 e. The number of benzene rings is 4. The summed E-state index contributed by atoms with van der Waals surface area (Å²) >= 11 is 0. The second-order valence-electron chi connectivity index (χ2n) is 9.28. The second kappa shape index (κ2) is 9.99. The van der Waals surface area contributed by atoms with E-state index in [0.29, 0.717) is 39.6 Å².